The van der Waals surface area contributed by atoms with Crippen LogP contribution in [0.25, 0.3) is 10.1 Å². The minimum absolute atomic E-state index is 0.169. The summed E-state index contributed by atoms with van der Waals surface area (Å²) in [5.41, 5.74) is 0. The largest absolute Gasteiger partial charge is 0.448 e. The van der Waals surface area contributed by atoms with Crippen LogP contribution < -0.4 is 0 Å². The number of ether oxygens (including phenoxy) is 2. The smallest absolute Gasteiger partial charge is 0.349 e. The van der Waals surface area contributed by atoms with Crippen molar-refractivity contribution in [2.24, 2.45) is 0 Å². The molecule has 0 aliphatic carbocycles. The number of rotatable bonds is 3. The summed E-state index contributed by atoms with van der Waals surface area (Å²) in [4.78, 5) is 26.6. The average molecular weight is 319 g/mol. The van der Waals surface area contributed by atoms with Gasteiger partial charge < -0.3 is 14.4 Å². The lowest BCUT2D eigenvalue weighted by Gasteiger charge is -2.28. The Labute approximate surface area is 132 Å². The predicted octanol–water partition coefficient (Wildman–Crippen LogP) is 2.31. The Balaban J connectivity index is 1.66. The lowest BCUT2D eigenvalue weighted by molar-refractivity contribution is -0.143. The van der Waals surface area contributed by atoms with E-state index < -0.39 is 12.1 Å². The number of benzene rings is 1. The summed E-state index contributed by atoms with van der Waals surface area (Å²) >= 11 is 1.38. The van der Waals surface area contributed by atoms with Crippen LogP contribution in [0.5, 0.6) is 0 Å². The van der Waals surface area contributed by atoms with E-state index in [0.717, 1.165) is 10.1 Å². The summed E-state index contributed by atoms with van der Waals surface area (Å²) in [7, 11) is 0. The first-order valence-corrected chi connectivity index (χ1v) is 8.03. The molecule has 0 radical (unpaired) electrons. The number of thiophene rings is 1. The van der Waals surface area contributed by atoms with E-state index in [9.17, 15) is 9.59 Å². The van der Waals surface area contributed by atoms with Crippen LogP contribution in [-0.2, 0) is 14.3 Å². The first kappa shape index (κ1) is 15.0. The van der Waals surface area contributed by atoms with Gasteiger partial charge in [0.15, 0.2) is 6.10 Å². The van der Waals surface area contributed by atoms with Gasteiger partial charge in [-0.15, -0.1) is 11.3 Å². The Bertz CT molecular complexity index is 657. The molecule has 2 heterocycles. The van der Waals surface area contributed by atoms with Crippen molar-refractivity contribution in [2.75, 3.05) is 26.3 Å². The molecule has 1 aliphatic heterocycles. The fourth-order valence-corrected chi connectivity index (χ4v) is 3.34. The molecule has 2 aromatic rings. The van der Waals surface area contributed by atoms with Gasteiger partial charge in [-0.1, -0.05) is 18.2 Å². The quantitative estimate of drug-likeness (QED) is 0.815. The minimum atomic E-state index is -0.782. The highest BCUT2D eigenvalue weighted by molar-refractivity contribution is 7.20. The molecular weight excluding hydrogens is 302 g/mol. The summed E-state index contributed by atoms with van der Waals surface area (Å²) in [5.74, 6) is -0.618. The zero-order valence-corrected chi connectivity index (χ0v) is 13.1. The normalized spacial score (nSPS) is 16.5. The molecule has 0 unspecified atom stereocenters. The molecule has 6 heteroatoms. The Morgan fingerprint density at radius 2 is 2.00 bits per heavy atom. The molecule has 5 nitrogen and oxygen atoms in total. The molecule has 1 atom stereocenters. The lowest BCUT2D eigenvalue weighted by atomic mass is 10.2. The second-order valence-electron chi connectivity index (χ2n) is 5.13. The van der Waals surface area contributed by atoms with Crippen molar-refractivity contribution in [1.29, 1.82) is 0 Å². The lowest BCUT2D eigenvalue weighted by Crippen LogP contribution is -2.46. The van der Waals surface area contributed by atoms with E-state index in [1.807, 2.05) is 24.3 Å². The molecule has 0 saturated carbocycles. The van der Waals surface area contributed by atoms with Gasteiger partial charge in [-0.3, -0.25) is 4.79 Å². The van der Waals surface area contributed by atoms with Gasteiger partial charge in [-0.25, -0.2) is 4.79 Å². The van der Waals surface area contributed by atoms with Crippen molar-refractivity contribution < 1.29 is 19.1 Å². The van der Waals surface area contributed by atoms with Crippen molar-refractivity contribution in [1.82, 2.24) is 4.90 Å². The van der Waals surface area contributed by atoms with Crippen molar-refractivity contribution in [2.45, 2.75) is 13.0 Å². The minimum Gasteiger partial charge on any atom is -0.448 e. The summed E-state index contributed by atoms with van der Waals surface area (Å²) in [5, 5.41) is 1.01. The zero-order chi connectivity index (χ0) is 15.5. The van der Waals surface area contributed by atoms with Crippen LogP contribution >= 0.6 is 11.3 Å². The SMILES string of the molecule is C[C@H](OC(=O)c1cc2ccccc2s1)C(=O)N1CCOCC1. The van der Waals surface area contributed by atoms with Gasteiger partial charge in [0.25, 0.3) is 5.91 Å². The highest BCUT2D eigenvalue weighted by atomic mass is 32.1. The number of amides is 1. The van der Waals surface area contributed by atoms with Gasteiger partial charge in [-0.05, 0) is 24.4 Å². The second-order valence-corrected chi connectivity index (χ2v) is 6.22. The fraction of sp³-hybridized carbons (Fsp3) is 0.375. The van der Waals surface area contributed by atoms with Gasteiger partial charge >= 0.3 is 5.97 Å². The van der Waals surface area contributed by atoms with Gasteiger partial charge in [0.05, 0.1) is 13.2 Å². The van der Waals surface area contributed by atoms with Crippen molar-refractivity contribution >= 4 is 33.3 Å². The van der Waals surface area contributed by atoms with Crippen molar-refractivity contribution in [3.63, 3.8) is 0 Å². The highest BCUT2D eigenvalue weighted by Gasteiger charge is 2.26. The maximum absolute atomic E-state index is 12.2. The number of carbonyl (C=O) groups excluding carboxylic acids is 2. The molecule has 1 saturated heterocycles. The van der Waals surface area contributed by atoms with E-state index >= 15 is 0 Å². The van der Waals surface area contributed by atoms with Crippen LogP contribution in [0.2, 0.25) is 0 Å². The molecule has 1 amide bonds. The number of fused-ring (bicyclic) bond motifs is 1. The molecule has 3 rings (SSSR count). The third-order valence-corrected chi connectivity index (χ3v) is 4.68. The number of carbonyl (C=O) groups is 2. The van der Waals surface area contributed by atoms with E-state index in [4.69, 9.17) is 9.47 Å². The number of morpholine rings is 1. The van der Waals surface area contributed by atoms with Crippen LogP contribution in [-0.4, -0.2) is 49.2 Å². The molecule has 116 valence electrons. The summed E-state index contributed by atoms with van der Waals surface area (Å²) in [6.07, 6.45) is -0.782. The van der Waals surface area contributed by atoms with Crippen LogP contribution in [0.1, 0.15) is 16.6 Å². The van der Waals surface area contributed by atoms with E-state index in [2.05, 4.69) is 0 Å². The molecule has 1 aromatic heterocycles. The predicted molar refractivity (Wildman–Crippen MR) is 84.1 cm³/mol. The molecule has 1 fully saturated rings. The van der Waals surface area contributed by atoms with Crippen LogP contribution in [0.3, 0.4) is 0 Å². The van der Waals surface area contributed by atoms with Gasteiger partial charge in [0.1, 0.15) is 4.88 Å². The number of hydrogen-bond acceptors (Lipinski definition) is 5. The van der Waals surface area contributed by atoms with Crippen molar-refractivity contribution in [3.05, 3.63) is 35.2 Å². The van der Waals surface area contributed by atoms with Crippen LogP contribution in [0.15, 0.2) is 30.3 Å². The summed E-state index contributed by atoms with van der Waals surface area (Å²) in [6, 6.07) is 9.56. The van der Waals surface area contributed by atoms with E-state index in [1.165, 1.54) is 11.3 Å². The van der Waals surface area contributed by atoms with Gasteiger partial charge in [0, 0.05) is 17.8 Å². The van der Waals surface area contributed by atoms with E-state index in [-0.39, 0.29) is 5.91 Å². The first-order chi connectivity index (χ1) is 10.6. The maximum Gasteiger partial charge on any atom is 0.349 e. The number of nitrogens with zero attached hydrogens (tertiary/aromatic N) is 1. The fourth-order valence-electron chi connectivity index (χ4n) is 2.39. The first-order valence-electron chi connectivity index (χ1n) is 7.21. The molecular formula is C16H17NO4S. The van der Waals surface area contributed by atoms with Gasteiger partial charge in [0.2, 0.25) is 0 Å². The maximum atomic E-state index is 12.2. The Morgan fingerprint density at radius 1 is 1.27 bits per heavy atom. The summed E-state index contributed by atoms with van der Waals surface area (Å²) < 4.78 is 11.6. The van der Waals surface area contributed by atoms with E-state index in [1.54, 1.807) is 17.9 Å². The zero-order valence-electron chi connectivity index (χ0n) is 12.3. The molecule has 1 aromatic carbocycles. The monoisotopic (exact) mass is 319 g/mol. The number of esters is 1. The Morgan fingerprint density at radius 3 is 2.73 bits per heavy atom. The third-order valence-electron chi connectivity index (χ3n) is 3.58. The molecule has 0 N–H and O–H groups in total. The summed E-state index contributed by atoms with van der Waals surface area (Å²) in [6.45, 7) is 3.77. The topological polar surface area (TPSA) is 55.8 Å². The Kier molecular flexibility index (Phi) is 4.40. The second kappa shape index (κ2) is 6.46. The van der Waals surface area contributed by atoms with E-state index in [0.29, 0.717) is 31.2 Å². The van der Waals surface area contributed by atoms with Crippen LogP contribution in [0, 0.1) is 0 Å². The third kappa shape index (κ3) is 3.13. The Hall–Kier alpha value is -1.92. The average Bonchev–Trinajstić information content (AvgIpc) is 2.99. The standard InChI is InChI=1S/C16H17NO4S/c1-11(15(18)17-6-8-20-9-7-17)21-16(19)14-10-12-4-2-3-5-13(12)22-14/h2-5,10-11H,6-9H2,1H3/t11-/m0/s1. The van der Waals surface area contributed by atoms with Crippen LogP contribution in [0.4, 0.5) is 0 Å². The van der Waals surface area contributed by atoms with Crippen molar-refractivity contribution in [3.8, 4) is 0 Å². The molecule has 1 aliphatic rings. The molecule has 0 spiro atoms. The highest BCUT2D eigenvalue weighted by Crippen LogP contribution is 2.26. The van der Waals surface area contributed by atoms with Gasteiger partial charge in [-0.2, -0.15) is 0 Å². The molecule has 22 heavy (non-hydrogen) atoms. The number of hydrogen-bond donors (Lipinski definition) is 0. The molecule has 0 bridgehead atoms.